The van der Waals surface area contributed by atoms with E-state index in [1.165, 1.54) is 174 Å². The summed E-state index contributed by atoms with van der Waals surface area (Å²) in [5.41, 5.74) is 37.2. The number of aromatic nitrogens is 4. The monoisotopic (exact) mass is 1800 g/mol. The number of hydrogen-bond donors (Lipinski definition) is 0. The minimum atomic E-state index is -0.0560. The lowest BCUT2D eigenvalue weighted by Gasteiger charge is -2.27. The molecule has 0 N–H and O–H groups in total. The predicted molar refractivity (Wildman–Crippen MR) is 592 cm³/mol. The molecule has 5 aromatic heterocycles. The fourth-order valence-corrected chi connectivity index (χ4v) is 22.8. The number of fused-ring (bicyclic) bond motifs is 18. The highest BCUT2D eigenvalue weighted by Crippen LogP contribution is 2.53. The van der Waals surface area contributed by atoms with Gasteiger partial charge in [0.1, 0.15) is 0 Å². The Morgan fingerprint density at radius 1 is 0.194 bits per heavy atom. The molecule has 0 saturated heterocycles. The highest BCUT2D eigenvalue weighted by molar-refractivity contribution is 7.25. The lowest BCUT2D eigenvalue weighted by Crippen LogP contribution is -2.15. The van der Waals surface area contributed by atoms with Crippen LogP contribution in [0.15, 0.2) is 504 Å². The average Bonchev–Trinajstić information content (AvgIpc) is 1.75. The number of rotatable bonds is 15. The number of nitrogens with zero attached hydrogens (tertiary/aromatic N) is 7. The van der Waals surface area contributed by atoms with Crippen molar-refractivity contribution < 1.29 is 0 Å². The van der Waals surface area contributed by atoms with Crippen molar-refractivity contribution in [3.63, 3.8) is 0 Å². The van der Waals surface area contributed by atoms with Gasteiger partial charge in [-0.15, -0.1) is 11.3 Å². The molecule has 0 amide bonds. The van der Waals surface area contributed by atoms with Crippen LogP contribution < -0.4 is 14.7 Å². The standard InChI is InChI=1S/C48H33N3.C42H28N2S.C41H34N2/c1-3-14-34(15-4-1)35-26-28-38(29-27-35)51-45-23-12-9-20-42(45)48-46(24-13-25-47(48)51)49(36-16-5-2-6-17-36)37-30-32-39(33-31-37)50-43-21-10-7-18-40(43)41-19-8-11-22-44(41)50;1-3-12-29(13-4-1)30-22-24-32(25-23-30)44-37-18-9-7-17-35(37)42-38(19-11-20-39(42)44)43(31-14-5-2-6-15-31)33-26-27-41-36(28-33)34-16-8-10-21-40(34)45-41;1-27-16-20-29(21-17-27)42(30-22-18-28(2)19-23-30)38-14-9-15-39-40(38)34-11-6-8-13-37(34)43(39)31-24-25-33-32-10-5-7-12-35(32)41(3,4)36(33)26-31/h1-33H;1-28H;5-26H,1-4H3. The van der Waals surface area contributed by atoms with Crippen molar-refractivity contribution in [3.05, 3.63) is 526 Å². The number of thiophene rings is 1. The summed E-state index contributed by atoms with van der Waals surface area (Å²) in [6.45, 7) is 8.99. The van der Waals surface area contributed by atoms with Crippen LogP contribution in [0.25, 0.3) is 164 Å². The fourth-order valence-electron chi connectivity index (χ4n) is 21.7. The molecule has 27 rings (SSSR count). The van der Waals surface area contributed by atoms with Gasteiger partial charge in [0.2, 0.25) is 0 Å². The van der Waals surface area contributed by atoms with Crippen molar-refractivity contribution in [2.75, 3.05) is 14.7 Å². The van der Waals surface area contributed by atoms with E-state index in [1.807, 2.05) is 11.3 Å². The first-order chi connectivity index (χ1) is 68.6. The van der Waals surface area contributed by atoms with Gasteiger partial charge in [0.05, 0.1) is 61.2 Å². The number of hydrogen-bond acceptors (Lipinski definition) is 4. The van der Waals surface area contributed by atoms with E-state index in [-0.39, 0.29) is 5.41 Å². The first-order valence-corrected chi connectivity index (χ1v) is 48.7. The number of benzene rings is 21. The van der Waals surface area contributed by atoms with E-state index in [4.69, 9.17) is 0 Å². The van der Waals surface area contributed by atoms with Gasteiger partial charge in [0.25, 0.3) is 0 Å². The van der Waals surface area contributed by atoms with E-state index in [0.29, 0.717) is 0 Å². The second-order valence-electron chi connectivity index (χ2n) is 36.8. The molecule has 1 aliphatic rings. The molecule has 7 nitrogen and oxygen atoms in total. The van der Waals surface area contributed by atoms with E-state index in [0.717, 1.165) is 62.6 Å². The second kappa shape index (κ2) is 34.7. The lowest BCUT2D eigenvalue weighted by atomic mass is 9.82. The Kier molecular flexibility index (Phi) is 20.8. The molecule has 0 radical (unpaired) electrons. The maximum Gasteiger partial charge on any atom is 0.0562 e. The lowest BCUT2D eigenvalue weighted by molar-refractivity contribution is 0.660. The van der Waals surface area contributed by atoms with Crippen molar-refractivity contribution in [3.8, 4) is 56.1 Å². The summed E-state index contributed by atoms with van der Waals surface area (Å²) in [4.78, 5) is 7.22. The van der Waals surface area contributed by atoms with Crippen molar-refractivity contribution in [1.82, 2.24) is 18.3 Å². The Hall–Kier alpha value is -17.6. The molecule has 0 saturated carbocycles. The van der Waals surface area contributed by atoms with Gasteiger partial charge in [-0.25, -0.2) is 0 Å². The van der Waals surface area contributed by atoms with Gasteiger partial charge >= 0.3 is 0 Å². The SMILES string of the molecule is Cc1ccc(N(c2ccc(C)cc2)c2cccc3c2c2ccccc2n3-c2ccc3c(c2)C(C)(C)c2ccccc2-3)cc1.c1ccc(-c2ccc(-n3c4ccccc4c4c(N(c5ccccc5)c5ccc(-n6c7ccccc7c7ccccc76)cc5)cccc43)cc2)cc1.c1ccc(-c2ccc(-n3c4ccccc4c4c(N(c5ccccc5)c5ccc6sc7ccccc7c6c5)cccc43)cc2)cc1. The van der Waals surface area contributed by atoms with E-state index < -0.39 is 0 Å². The van der Waals surface area contributed by atoms with E-state index in [1.54, 1.807) is 0 Å². The highest BCUT2D eigenvalue weighted by Gasteiger charge is 2.36. The zero-order valence-corrected chi connectivity index (χ0v) is 78.3. The van der Waals surface area contributed by atoms with Crippen LogP contribution in [0, 0.1) is 13.8 Å². The van der Waals surface area contributed by atoms with Gasteiger partial charge in [0, 0.05) is 126 Å². The molecule has 21 aromatic carbocycles. The largest absolute Gasteiger partial charge is 0.310 e. The molecular formula is C131H95N7S. The second-order valence-corrected chi connectivity index (χ2v) is 37.9. The van der Waals surface area contributed by atoms with Crippen LogP contribution in [0.3, 0.4) is 0 Å². The van der Waals surface area contributed by atoms with E-state index in [2.05, 4.69) is 564 Å². The molecule has 660 valence electrons. The third-order valence-corrected chi connectivity index (χ3v) is 29.4. The zero-order chi connectivity index (χ0) is 92.8. The first-order valence-electron chi connectivity index (χ1n) is 47.9. The zero-order valence-electron chi connectivity index (χ0n) is 77.5. The van der Waals surface area contributed by atoms with Crippen molar-refractivity contribution in [2.45, 2.75) is 33.1 Å². The van der Waals surface area contributed by atoms with Crippen molar-refractivity contribution >= 4 is 170 Å². The van der Waals surface area contributed by atoms with Gasteiger partial charge in [-0.05, 0) is 259 Å². The summed E-state index contributed by atoms with van der Waals surface area (Å²) in [5.74, 6) is 0. The van der Waals surface area contributed by atoms with Crippen molar-refractivity contribution in [2.24, 2.45) is 0 Å². The van der Waals surface area contributed by atoms with Gasteiger partial charge in [-0.3, -0.25) is 0 Å². The number of para-hydroxylation sites is 7. The van der Waals surface area contributed by atoms with Gasteiger partial charge < -0.3 is 33.0 Å². The molecule has 26 aromatic rings. The molecule has 1 aliphatic carbocycles. The van der Waals surface area contributed by atoms with Crippen molar-refractivity contribution in [1.29, 1.82) is 0 Å². The van der Waals surface area contributed by atoms with Crippen LogP contribution >= 0.6 is 11.3 Å². The third kappa shape index (κ3) is 14.5. The van der Waals surface area contributed by atoms with E-state index >= 15 is 0 Å². The first kappa shape index (κ1) is 83.3. The molecule has 0 bridgehead atoms. The van der Waals surface area contributed by atoms with Crippen LogP contribution in [-0.2, 0) is 5.41 Å². The summed E-state index contributed by atoms with van der Waals surface area (Å²) in [6.07, 6.45) is 0. The molecule has 5 heterocycles. The Balaban J connectivity index is 0.000000111. The molecular weight excluding hydrogens is 1700 g/mol. The maximum atomic E-state index is 2.45. The molecule has 139 heavy (non-hydrogen) atoms. The van der Waals surface area contributed by atoms with E-state index in [9.17, 15) is 0 Å². The van der Waals surface area contributed by atoms with Crippen LogP contribution in [0.4, 0.5) is 51.2 Å². The Morgan fingerprint density at radius 3 is 0.935 bits per heavy atom. The van der Waals surface area contributed by atoms with Crippen LogP contribution in [0.1, 0.15) is 36.1 Å². The average molecular weight is 1800 g/mol. The minimum Gasteiger partial charge on any atom is -0.310 e. The quantitative estimate of drug-likeness (QED) is 0.102. The molecule has 0 unspecified atom stereocenters. The molecule has 0 aliphatic heterocycles. The van der Waals surface area contributed by atoms with Crippen LogP contribution in [0.5, 0.6) is 0 Å². The van der Waals surface area contributed by atoms with Gasteiger partial charge in [-0.2, -0.15) is 0 Å². The summed E-state index contributed by atoms with van der Waals surface area (Å²) in [6, 6.07) is 183. The summed E-state index contributed by atoms with van der Waals surface area (Å²) >= 11 is 1.86. The Bertz CT molecular complexity index is 9050. The van der Waals surface area contributed by atoms with Crippen LogP contribution in [-0.4, -0.2) is 18.3 Å². The molecule has 8 heteroatoms. The third-order valence-electron chi connectivity index (χ3n) is 28.2. The Labute approximate surface area is 812 Å². The predicted octanol–water partition coefficient (Wildman–Crippen LogP) is 36.5. The number of anilines is 9. The number of aryl methyl sites for hydroxylation is 2. The highest BCUT2D eigenvalue weighted by atomic mass is 32.1. The Morgan fingerprint density at radius 2 is 0.489 bits per heavy atom. The summed E-state index contributed by atoms with van der Waals surface area (Å²) in [7, 11) is 0. The maximum absolute atomic E-state index is 2.45. The summed E-state index contributed by atoms with van der Waals surface area (Å²) in [5, 5.41) is 12.5. The normalized spacial score (nSPS) is 12.1. The van der Waals surface area contributed by atoms with Crippen LogP contribution in [0.2, 0.25) is 0 Å². The van der Waals surface area contributed by atoms with Gasteiger partial charge in [-0.1, -0.05) is 328 Å². The van der Waals surface area contributed by atoms with Gasteiger partial charge in [0.15, 0.2) is 0 Å². The summed E-state index contributed by atoms with van der Waals surface area (Å²) < 4.78 is 12.3. The molecule has 0 fully saturated rings. The fraction of sp³-hybridized carbons (Fsp3) is 0.0382. The smallest absolute Gasteiger partial charge is 0.0562 e. The topological polar surface area (TPSA) is 29.4 Å². The molecule has 0 spiro atoms. The molecule has 0 atom stereocenters. The minimum absolute atomic E-state index is 0.0560.